The molecule has 0 saturated carbocycles. The van der Waals surface area contributed by atoms with E-state index in [2.05, 4.69) is 93.7 Å². The topological polar surface area (TPSA) is 78.9 Å². The zero-order chi connectivity index (χ0) is 57.8. The summed E-state index contributed by atoms with van der Waals surface area (Å²) in [5, 5.41) is 0. The summed E-state index contributed by atoms with van der Waals surface area (Å²) in [6, 6.07) is 0. The van der Waals surface area contributed by atoms with Crippen molar-refractivity contribution in [3.05, 3.63) is 72.9 Å². The standard InChI is InChI=1S/C74H132O6/c1-4-7-10-13-16-19-22-25-28-31-33-35-37-39-41-43-46-49-52-55-58-61-64-67-73(76)79-70-71(69-78-72(75)66-63-60-57-54-51-48-45-30-27-24-21-18-15-12-9-6-3)80-74(77)68-65-62-59-56-53-50-47-44-42-40-38-36-34-32-29-26-23-20-17-14-11-8-5-2/h21-26,30-34,45,71H,4-20,27-29,35-44,46-70H2,1-3H3/b24-21-,25-22-,26-23-,33-31-,34-32-,45-30-. The predicted molar refractivity (Wildman–Crippen MR) is 348 cm³/mol. The van der Waals surface area contributed by atoms with Gasteiger partial charge in [0.05, 0.1) is 0 Å². The summed E-state index contributed by atoms with van der Waals surface area (Å²) in [5.41, 5.74) is 0. The van der Waals surface area contributed by atoms with Gasteiger partial charge in [-0.25, -0.2) is 0 Å². The van der Waals surface area contributed by atoms with Crippen LogP contribution in [0.2, 0.25) is 0 Å². The normalized spacial score (nSPS) is 12.5. The third-order valence-corrected chi connectivity index (χ3v) is 15.4. The molecule has 1 unspecified atom stereocenters. The van der Waals surface area contributed by atoms with Crippen LogP contribution in [0.15, 0.2) is 72.9 Å². The van der Waals surface area contributed by atoms with E-state index >= 15 is 0 Å². The van der Waals surface area contributed by atoms with Crippen molar-refractivity contribution in [3.63, 3.8) is 0 Å². The average Bonchev–Trinajstić information content (AvgIpc) is 3.46. The Balaban J connectivity index is 4.35. The van der Waals surface area contributed by atoms with E-state index in [9.17, 15) is 14.4 Å². The molecule has 0 rings (SSSR count). The van der Waals surface area contributed by atoms with Crippen molar-refractivity contribution >= 4 is 17.9 Å². The Bertz CT molecular complexity index is 1470. The molecule has 0 aromatic carbocycles. The molecule has 80 heavy (non-hydrogen) atoms. The van der Waals surface area contributed by atoms with Crippen LogP contribution in [0.1, 0.15) is 361 Å². The number of rotatable bonds is 64. The van der Waals surface area contributed by atoms with Gasteiger partial charge in [0.2, 0.25) is 0 Å². The monoisotopic (exact) mass is 1120 g/mol. The van der Waals surface area contributed by atoms with Gasteiger partial charge >= 0.3 is 17.9 Å². The van der Waals surface area contributed by atoms with Gasteiger partial charge in [0.25, 0.3) is 0 Å². The third-order valence-electron chi connectivity index (χ3n) is 15.4. The minimum atomic E-state index is -0.785. The number of esters is 3. The van der Waals surface area contributed by atoms with Gasteiger partial charge in [0.15, 0.2) is 6.10 Å². The van der Waals surface area contributed by atoms with Crippen molar-refractivity contribution in [1.29, 1.82) is 0 Å². The lowest BCUT2D eigenvalue weighted by molar-refractivity contribution is -0.167. The number of hydrogen-bond donors (Lipinski definition) is 0. The molecule has 0 amide bonds. The second-order valence-electron chi connectivity index (χ2n) is 23.4. The maximum atomic E-state index is 13.0. The van der Waals surface area contributed by atoms with Gasteiger partial charge in [-0.2, -0.15) is 0 Å². The van der Waals surface area contributed by atoms with Gasteiger partial charge in [0.1, 0.15) is 13.2 Å². The number of carbonyl (C=O) groups excluding carboxylic acids is 3. The van der Waals surface area contributed by atoms with Crippen LogP contribution in [0, 0.1) is 0 Å². The fourth-order valence-electron chi connectivity index (χ4n) is 10.1. The van der Waals surface area contributed by atoms with Crippen LogP contribution in [-0.2, 0) is 28.6 Å². The van der Waals surface area contributed by atoms with Crippen LogP contribution in [-0.4, -0.2) is 37.2 Å². The largest absolute Gasteiger partial charge is 0.462 e. The molecule has 464 valence electrons. The highest BCUT2D eigenvalue weighted by Gasteiger charge is 2.19. The highest BCUT2D eigenvalue weighted by molar-refractivity contribution is 5.71. The summed E-state index contributed by atoms with van der Waals surface area (Å²) in [5.74, 6) is -0.879. The molecule has 0 N–H and O–H groups in total. The molecule has 0 radical (unpaired) electrons. The fourth-order valence-corrected chi connectivity index (χ4v) is 10.1. The Kier molecular flexibility index (Phi) is 65.7. The molecular weight excluding hydrogens is 985 g/mol. The van der Waals surface area contributed by atoms with Crippen molar-refractivity contribution in [2.45, 2.75) is 367 Å². The first-order chi connectivity index (χ1) is 39.5. The van der Waals surface area contributed by atoms with Crippen LogP contribution >= 0.6 is 0 Å². The molecule has 0 bridgehead atoms. The molecule has 6 heteroatoms. The minimum Gasteiger partial charge on any atom is -0.462 e. The Morgan fingerprint density at radius 2 is 0.450 bits per heavy atom. The number of unbranched alkanes of at least 4 members (excludes halogenated alkanes) is 41. The van der Waals surface area contributed by atoms with Crippen LogP contribution in [0.5, 0.6) is 0 Å². The first-order valence-corrected chi connectivity index (χ1v) is 34.9. The molecule has 0 aromatic heterocycles. The van der Waals surface area contributed by atoms with Crippen LogP contribution in [0.3, 0.4) is 0 Å². The van der Waals surface area contributed by atoms with Crippen molar-refractivity contribution in [3.8, 4) is 0 Å². The van der Waals surface area contributed by atoms with Crippen LogP contribution < -0.4 is 0 Å². The van der Waals surface area contributed by atoms with Gasteiger partial charge in [0, 0.05) is 19.3 Å². The zero-order valence-electron chi connectivity index (χ0n) is 53.3. The van der Waals surface area contributed by atoms with Gasteiger partial charge in [-0.3, -0.25) is 14.4 Å². The highest BCUT2D eigenvalue weighted by atomic mass is 16.6. The zero-order valence-corrected chi connectivity index (χ0v) is 53.3. The van der Waals surface area contributed by atoms with Gasteiger partial charge < -0.3 is 14.2 Å². The van der Waals surface area contributed by atoms with E-state index in [-0.39, 0.29) is 31.1 Å². The first-order valence-electron chi connectivity index (χ1n) is 34.9. The second kappa shape index (κ2) is 68.3. The number of allylic oxidation sites excluding steroid dienone is 12. The average molecular weight is 1120 g/mol. The van der Waals surface area contributed by atoms with Gasteiger partial charge in [-0.1, -0.05) is 299 Å². The highest BCUT2D eigenvalue weighted by Crippen LogP contribution is 2.17. The van der Waals surface area contributed by atoms with E-state index in [1.807, 2.05) is 0 Å². The summed E-state index contributed by atoms with van der Waals surface area (Å²) < 4.78 is 17.0. The molecule has 0 aliphatic rings. The van der Waals surface area contributed by atoms with Gasteiger partial charge in [-0.05, 0) is 116 Å². The summed E-state index contributed by atoms with van der Waals surface area (Å²) in [6.07, 6.45) is 89.1. The van der Waals surface area contributed by atoms with Crippen molar-refractivity contribution in [2.75, 3.05) is 13.2 Å². The SMILES string of the molecule is CCCCCC/C=C\C/C=C\CCCCCCCC(=O)OCC(COC(=O)CCCCCCCCCCCCC/C=C\C/C=C\CCCCCCC)OC(=O)CCCCCCCCCCCCC/C=C\C/C=C\CCCCCCC. The lowest BCUT2D eigenvalue weighted by Crippen LogP contribution is -2.30. The minimum absolute atomic E-state index is 0.0798. The quantitative estimate of drug-likeness (QED) is 0.0261. The Morgan fingerprint density at radius 3 is 0.700 bits per heavy atom. The Morgan fingerprint density at radius 1 is 0.250 bits per heavy atom. The Hall–Kier alpha value is -3.15. The summed E-state index contributed by atoms with van der Waals surface area (Å²) >= 11 is 0. The van der Waals surface area contributed by atoms with E-state index in [0.717, 1.165) is 89.9 Å². The lowest BCUT2D eigenvalue weighted by atomic mass is 10.0. The second-order valence-corrected chi connectivity index (χ2v) is 23.4. The predicted octanol–water partition coefficient (Wildman–Crippen LogP) is 24.1. The van der Waals surface area contributed by atoms with Crippen molar-refractivity contribution in [2.24, 2.45) is 0 Å². The fraction of sp³-hybridized carbons (Fsp3) is 0.797. The summed E-state index contributed by atoms with van der Waals surface area (Å²) in [7, 11) is 0. The molecular formula is C74H132O6. The van der Waals surface area contributed by atoms with Crippen molar-refractivity contribution in [1.82, 2.24) is 0 Å². The Labute approximate surface area is 497 Å². The maximum Gasteiger partial charge on any atom is 0.306 e. The van der Waals surface area contributed by atoms with E-state index in [1.54, 1.807) is 0 Å². The molecule has 0 aliphatic carbocycles. The van der Waals surface area contributed by atoms with E-state index < -0.39 is 6.10 Å². The third kappa shape index (κ3) is 65.7. The smallest absolute Gasteiger partial charge is 0.306 e. The van der Waals surface area contributed by atoms with Crippen molar-refractivity contribution < 1.29 is 28.6 Å². The molecule has 0 spiro atoms. The summed E-state index contributed by atoms with van der Waals surface area (Å²) in [6.45, 7) is 6.64. The van der Waals surface area contributed by atoms with E-state index in [1.165, 1.54) is 231 Å². The molecule has 0 fully saturated rings. The summed E-state index contributed by atoms with van der Waals surface area (Å²) in [4.78, 5) is 38.5. The lowest BCUT2D eigenvalue weighted by Gasteiger charge is -2.18. The maximum absolute atomic E-state index is 13.0. The molecule has 6 nitrogen and oxygen atoms in total. The molecule has 0 aromatic rings. The molecule has 1 atom stereocenters. The van der Waals surface area contributed by atoms with E-state index in [4.69, 9.17) is 14.2 Å². The number of hydrogen-bond acceptors (Lipinski definition) is 6. The van der Waals surface area contributed by atoms with Crippen LogP contribution in [0.4, 0.5) is 0 Å². The molecule has 0 aliphatic heterocycles. The number of ether oxygens (including phenoxy) is 3. The first kappa shape index (κ1) is 76.9. The molecule has 0 heterocycles. The number of carbonyl (C=O) groups is 3. The van der Waals surface area contributed by atoms with Gasteiger partial charge in [-0.15, -0.1) is 0 Å². The van der Waals surface area contributed by atoms with Crippen LogP contribution in [0.25, 0.3) is 0 Å². The molecule has 0 saturated heterocycles. The van der Waals surface area contributed by atoms with E-state index in [0.29, 0.717) is 19.3 Å².